The summed E-state index contributed by atoms with van der Waals surface area (Å²) in [4.78, 5) is 29.0. The summed E-state index contributed by atoms with van der Waals surface area (Å²) in [5.41, 5.74) is -0.703. The fourth-order valence-corrected chi connectivity index (χ4v) is 3.75. The van der Waals surface area contributed by atoms with Gasteiger partial charge in [-0.1, -0.05) is 0 Å². The van der Waals surface area contributed by atoms with Crippen LogP contribution < -0.4 is 0 Å². The highest BCUT2D eigenvalue weighted by molar-refractivity contribution is 5.92. The smallest absolute Gasteiger partial charge is 0.248 e. The number of aryl methyl sites for hydroxylation is 1. The van der Waals surface area contributed by atoms with Gasteiger partial charge in [-0.15, -0.1) is 5.10 Å². The van der Waals surface area contributed by atoms with Gasteiger partial charge in [0.25, 0.3) is 0 Å². The third kappa shape index (κ3) is 2.92. The lowest BCUT2D eigenvalue weighted by Crippen LogP contribution is -2.61. The number of aliphatic hydroxyl groups excluding tert-OH is 1. The molecule has 0 aliphatic carbocycles. The van der Waals surface area contributed by atoms with Gasteiger partial charge in [-0.25, -0.2) is 4.68 Å². The quantitative estimate of drug-likeness (QED) is 0.748. The van der Waals surface area contributed by atoms with Gasteiger partial charge in [-0.05, 0) is 36.1 Å². The van der Waals surface area contributed by atoms with Crippen LogP contribution >= 0.6 is 0 Å². The van der Waals surface area contributed by atoms with Crippen molar-refractivity contribution >= 4 is 11.8 Å². The topological polar surface area (TPSA) is 104 Å². The Balaban J connectivity index is 1.70. The molecule has 1 N–H and O–H groups in total. The third-order valence-electron chi connectivity index (χ3n) is 4.81. The summed E-state index contributed by atoms with van der Waals surface area (Å²) < 4.78 is 1.52. The summed E-state index contributed by atoms with van der Waals surface area (Å²) in [5, 5.41) is 20.0. The number of aromatic nitrogens is 4. The van der Waals surface area contributed by atoms with Crippen LogP contribution in [0, 0.1) is 0 Å². The molecule has 2 amide bonds. The molecule has 3 heterocycles. The van der Waals surface area contributed by atoms with E-state index in [4.69, 9.17) is 5.11 Å². The minimum absolute atomic E-state index is 0.00827. The summed E-state index contributed by atoms with van der Waals surface area (Å²) in [6.45, 7) is 1.98. The van der Waals surface area contributed by atoms with E-state index >= 15 is 0 Å². The van der Waals surface area contributed by atoms with E-state index in [1.807, 2.05) is 0 Å². The number of carbonyl (C=O) groups is 2. The first-order valence-electron chi connectivity index (χ1n) is 8.09. The summed E-state index contributed by atoms with van der Waals surface area (Å²) in [7, 11) is 0. The summed E-state index contributed by atoms with van der Waals surface area (Å²) in [5.74, 6) is -0.0386. The fraction of sp³-hybridized carbons (Fsp3) is 0.786. The molecule has 9 nitrogen and oxygen atoms in total. The van der Waals surface area contributed by atoms with Gasteiger partial charge < -0.3 is 14.9 Å². The molecule has 0 aromatic carbocycles. The number of amides is 2. The minimum Gasteiger partial charge on any atom is -0.395 e. The van der Waals surface area contributed by atoms with Crippen LogP contribution in [0.1, 0.15) is 32.1 Å². The maximum Gasteiger partial charge on any atom is 0.248 e. The van der Waals surface area contributed by atoms with E-state index in [-0.39, 0.29) is 24.8 Å². The van der Waals surface area contributed by atoms with Crippen LogP contribution in [0.15, 0.2) is 6.33 Å². The molecule has 126 valence electrons. The second-order valence-corrected chi connectivity index (χ2v) is 6.12. The fourth-order valence-electron chi connectivity index (χ4n) is 3.75. The number of rotatable bonds is 5. The lowest BCUT2D eigenvalue weighted by Gasteiger charge is -2.44. The Kier molecular flexibility index (Phi) is 4.56. The average molecular weight is 322 g/mol. The molecular weight excluding hydrogens is 300 g/mol. The van der Waals surface area contributed by atoms with Crippen molar-refractivity contribution in [1.29, 1.82) is 0 Å². The number of hydrogen-bond acceptors (Lipinski definition) is 6. The van der Waals surface area contributed by atoms with E-state index in [1.54, 1.807) is 9.80 Å². The number of hydrogen-bond donors (Lipinski definition) is 1. The van der Waals surface area contributed by atoms with Crippen molar-refractivity contribution in [2.24, 2.45) is 0 Å². The van der Waals surface area contributed by atoms with Crippen LogP contribution in [0.5, 0.6) is 0 Å². The van der Waals surface area contributed by atoms with E-state index < -0.39 is 5.54 Å². The Morgan fingerprint density at radius 2 is 2.04 bits per heavy atom. The van der Waals surface area contributed by atoms with Gasteiger partial charge in [0.15, 0.2) is 0 Å². The van der Waals surface area contributed by atoms with Crippen molar-refractivity contribution in [1.82, 2.24) is 30.0 Å². The average Bonchev–Trinajstić information content (AvgIpc) is 3.20. The molecule has 23 heavy (non-hydrogen) atoms. The lowest BCUT2D eigenvalue weighted by molar-refractivity contribution is -0.155. The van der Waals surface area contributed by atoms with Crippen LogP contribution in [-0.2, 0) is 16.1 Å². The summed E-state index contributed by atoms with van der Waals surface area (Å²) in [6, 6.07) is 0. The maximum atomic E-state index is 12.9. The molecule has 9 heteroatoms. The van der Waals surface area contributed by atoms with E-state index in [1.165, 1.54) is 11.0 Å². The second kappa shape index (κ2) is 6.61. The Morgan fingerprint density at radius 1 is 1.26 bits per heavy atom. The molecule has 0 radical (unpaired) electrons. The SMILES string of the molecule is O=C(CCn1cnnn1)N1CCCC12CCCN(CCO)C2=O. The van der Waals surface area contributed by atoms with Crippen molar-refractivity contribution in [2.75, 3.05) is 26.2 Å². The largest absolute Gasteiger partial charge is 0.395 e. The number of tetrazole rings is 1. The zero-order chi connectivity index (χ0) is 16.3. The molecule has 1 atom stereocenters. The third-order valence-corrected chi connectivity index (χ3v) is 4.81. The monoisotopic (exact) mass is 322 g/mol. The van der Waals surface area contributed by atoms with Gasteiger partial charge in [-0.2, -0.15) is 0 Å². The number of piperidine rings is 1. The zero-order valence-corrected chi connectivity index (χ0v) is 13.1. The maximum absolute atomic E-state index is 12.9. The zero-order valence-electron chi connectivity index (χ0n) is 13.1. The van der Waals surface area contributed by atoms with Crippen LogP contribution in [-0.4, -0.2) is 78.7 Å². The molecule has 2 saturated heterocycles. The molecule has 1 spiro atoms. The van der Waals surface area contributed by atoms with E-state index in [0.717, 1.165) is 12.8 Å². The first-order chi connectivity index (χ1) is 11.2. The van der Waals surface area contributed by atoms with Crippen molar-refractivity contribution in [3.8, 4) is 0 Å². The van der Waals surface area contributed by atoms with Gasteiger partial charge >= 0.3 is 0 Å². The molecule has 1 aromatic rings. The van der Waals surface area contributed by atoms with E-state index in [0.29, 0.717) is 39.0 Å². The van der Waals surface area contributed by atoms with Gasteiger partial charge in [0, 0.05) is 26.1 Å². The Bertz CT molecular complexity index is 561. The highest BCUT2D eigenvalue weighted by atomic mass is 16.3. The molecule has 0 bridgehead atoms. The number of aliphatic hydroxyl groups is 1. The molecule has 2 aliphatic rings. The second-order valence-electron chi connectivity index (χ2n) is 6.12. The normalized spacial score (nSPS) is 24.7. The molecule has 2 aliphatic heterocycles. The number of nitrogens with zero attached hydrogens (tertiary/aromatic N) is 6. The van der Waals surface area contributed by atoms with E-state index in [2.05, 4.69) is 15.5 Å². The van der Waals surface area contributed by atoms with Crippen molar-refractivity contribution in [3.63, 3.8) is 0 Å². The van der Waals surface area contributed by atoms with Crippen LogP contribution in [0.25, 0.3) is 0 Å². The van der Waals surface area contributed by atoms with Crippen molar-refractivity contribution < 1.29 is 14.7 Å². The predicted octanol–water partition coefficient (Wildman–Crippen LogP) is -0.961. The molecule has 2 fully saturated rings. The van der Waals surface area contributed by atoms with Gasteiger partial charge in [-0.3, -0.25) is 9.59 Å². The van der Waals surface area contributed by atoms with Gasteiger partial charge in [0.1, 0.15) is 11.9 Å². The summed E-state index contributed by atoms with van der Waals surface area (Å²) >= 11 is 0. The van der Waals surface area contributed by atoms with E-state index in [9.17, 15) is 9.59 Å². The Hall–Kier alpha value is -2.03. The predicted molar refractivity (Wildman–Crippen MR) is 79.0 cm³/mol. The molecule has 0 saturated carbocycles. The standard InChI is InChI=1S/C14H22N6O3/c21-10-9-18-6-1-4-14(13(18)23)5-2-7-20(14)12(22)3-8-19-11-15-16-17-19/h11,21H,1-10H2. The Morgan fingerprint density at radius 3 is 2.74 bits per heavy atom. The van der Waals surface area contributed by atoms with Crippen LogP contribution in [0.4, 0.5) is 0 Å². The van der Waals surface area contributed by atoms with Crippen molar-refractivity contribution in [3.05, 3.63) is 6.33 Å². The first-order valence-corrected chi connectivity index (χ1v) is 8.09. The highest BCUT2D eigenvalue weighted by Gasteiger charge is 2.52. The lowest BCUT2D eigenvalue weighted by atomic mass is 9.85. The molecule has 1 aromatic heterocycles. The summed E-state index contributed by atoms with van der Waals surface area (Å²) in [6.07, 6.45) is 4.88. The first kappa shape index (κ1) is 15.9. The number of likely N-dealkylation sites (tertiary alicyclic amines) is 2. The van der Waals surface area contributed by atoms with Crippen molar-refractivity contribution in [2.45, 2.75) is 44.2 Å². The highest BCUT2D eigenvalue weighted by Crippen LogP contribution is 2.38. The van der Waals surface area contributed by atoms with Crippen LogP contribution in [0.2, 0.25) is 0 Å². The van der Waals surface area contributed by atoms with Gasteiger partial charge in [0.05, 0.1) is 13.2 Å². The molecule has 1 unspecified atom stereocenters. The number of carbonyl (C=O) groups excluding carboxylic acids is 2. The minimum atomic E-state index is -0.703. The number of β-amino-alcohol motifs (C(OH)–C–C–N with tert-alkyl or cyclic N) is 1. The van der Waals surface area contributed by atoms with Gasteiger partial charge in [0.2, 0.25) is 11.8 Å². The Labute approximate surface area is 134 Å². The van der Waals surface area contributed by atoms with Crippen LogP contribution in [0.3, 0.4) is 0 Å². The molecular formula is C14H22N6O3. The molecule has 3 rings (SSSR count).